The third-order valence-electron chi connectivity index (χ3n) is 3.08. The van der Waals surface area contributed by atoms with E-state index in [0.29, 0.717) is 12.2 Å². The summed E-state index contributed by atoms with van der Waals surface area (Å²) in [6, 6.07) is 10.4. The molecular weight excluding hydrogens is 198 g/mol. The molecule has 1 atom stereocenters. The minimum Gasteiger partial charge on any atom is -0.298 e. The molecule has 2 heteroatoms. The molecular formula is C14H17NO. The van der Waals surface area contributed by atoms with Crippen LogP contribution in [-0.4, -0.2) is 23.3 Å². The molecule has 0 N–H and O–H groups in total. The Balaban J connectivity index is 2.04. The number of carbonyl (C=O) groups excluding carboxylic acids is 1. The van der Waals surface area contributed by atoms with E-state index in [2.05, 4.69) is 23.6 Å². The van der Waals surface area contributed by atoms with E-state index in [1.54, 1.807) is 0 Å². The van der Waals surface area contributed by atoms with Crippen LogP contribution in [0.2, 0.25) is 0 Å². The Morgan fingerprint density at radius 1 is 1.38 bits per heavy atom. The third kappa shape index (κ3) is 2.39. The van der Waals surface area contributed by atoms with Crippen LogP contribution in [0, 0.1) is 0 Å². The zero-order valence-electron chi connectivity index (χ0n) is 9.43. The Hall–Kier alpha value is -1.41. The second-order valence-corrected chi connectivity index (χ2v) is 4.21. The fourth-order valence-electron chi connectivity index (χ4n) is 2.23. The van der Waals surface area contributed by atoms with Gasteiger partial charge in [-0.15, -0.1) is 6.58 Å². The highest BCUT2D eigenvalue weighted by Crippen LogP contribution is 2.19. The second kappa shape index (κ2) is 5.08. The molecule has 1 aliphatic rings. The molecule has 1 aliphatic heterocycles. The van der Waals surface area contributed by atoms with Gasteiger partial charge in [0.05, 0.1) is 6.04 Å². The number of rotatable bonds is 4. The van der Waals surface area contributed by atoms with Gasteiger partial charge in [0.1, 0.15) is 0 Å². The van der Waals surface area contributed by atoms with E-state index in [4.69, 9.17) is 0 Å². The van der Waals surface area contributed by atoms with Gasteiger partial charge in [0, 0.05) is 19.5 Å². The Morgan fingerprint density at radius 2 is 2.12 bits per heavy atom. The Kier molecular flexibility index (Phi) is 3.52. The van der Waals surface area contributed by atoms with Crippen molar-refractivity contribution in [1.29, 1.82) is 0 Å². The van der Waals surface area contributed by atoms with Crippen molar-refractivity contribution in [3.05, 3.63) is 48.6 Å². The number of hydrogen-bond donors (Lipinski definition) is 0. The van der Waals surface area contributed by atoms with Gasteiger partial charge in [-0.3, -0.25) is 9.69 Å². The number of benzene rings is 1. The van der Waals surface area contributed by atoms with Crippen LogP contribution in [0.5, 0.6) is 0 Å². The van der Waals surface area contributed by atoms with Crippen molar-refractivity contribution < 1.29 is 4.79 Å². The molecule has 1 unspecified atom stereocenters. The molecule has 84 valence electrons. The van der Waals surface area contributed by atoms with Crippen LogP contribution in [0.3, 0.4) is 0 Å². The highest BCUT2D eigenvalue weighted by Gasteiger charge is 2.30. The van der Waals surface area contributed by atoms with Crippen LogP contribution < -0.4 is 0 Å². The summed E-state index contributed by atoms with van der Waals surface area (Å²) < 4.78 is 0. The second-order valence-electron chi connectivity index (χ2n) is 4.21. The maximum absolute atomic E-state index is 11.7. The van der Waals surface area contributed by atoms with E-state index in [1.165, 1.54) is 5.56 Å². The predicted octanol–water partition coefficient (Wildman–Crippen LogP) is 2.41. The number of hydrogen-bond acceptors (Lipinski definition) is 2. The molecule has 0 amide bonds. The van der Waals surface area contributed by atoms with Gasteiger partial charge in [-0.25, -0.2) is 0 Å². The molecule has 1 aromatic rings. The number of nitrogens with zero attached hydrogens (tertiary/aromatic N) is 1. The molecule has 1 aromatic carbocycles. The first-order valence-corrected chi connectivity index (χ1v) is 5.73. The summed E-state index contributed by atoms with van der Waals surface area (Å²) in [6.07, 6.45) is 3.29. The molecule has 0 aliphatic carbocycles. The van der Waals surface area contributed by atoms with Crippen molar-refractivity contribution in [2.24, 2.45) is 0 Å². The van der Waals surface area contributed by atoms with Gasteiger partial charge < -0.3 is 0 Å². The van der Waals surface area contributed by atoms with Gasteiger partial charge in [-0.2, -0.15) is 0 Å². The van der Waals surface area contributed by atoms with E-state index < -0.39 is 0 Å². The lowest BCUT2D eigenvalue weighted by molar-refractivity contribution is -0.119. The van der Waals surface area contributed by atoms with Crippen molar-refractivity contribution in [2.45, 2.75) is 25.4 Å². The maximum Gasteiger partial charge on any atom is 0.151 e. The summed E-state index contributed by atoms with van der Waals surface area (Å²) >= 11 is 0. The summed E-state index contributed by atoms with van der Waals surface area (Å²) in [4.78, 5) is 13.9. The Morgan fingerprint density at radius 3 is 2.81 bits per heavy atom. The minimum absolute atomic E-state index is 0.0534. The Labute approximate surface area is 96.6 Å². The lowest BCUT2D eigenvalue weighted by atomic mass is 10.1. The molecule has 0 radical (unpaired) electrons. The minimum atomic E-state index is 0.0534. The van der Waals surface area contributed by atoms with Gasteiger partial charge in [0.2, 0.25) is 0 Å². The van der Waals surface area contributed by atoms with Crippen LogP contribution in [0.15, 0.2) is 43.0 Å². The third-order valence-corrected chi connectivity index (χ3v) is 3.08. The zero-order chi connectivity index (χ0) is 11.4. The van der Waals surface area contributed by atoms with Gasteiger partial charge in [0.25, 0.3) is 0 Å². The van der Waals surface area contributed by atoms with Gasteiger partial charge >= 0.3 is 0 Å². The smallest absolute Gasteiger partial charge is 0.151 e. The fourth-order valence-corrected chi connectivity index (χ4v) is 2.23. The van der Waals surface area contributed by atoms with Crippen molar-refractivity contribution in [3.63, 3.8) is 0 Å². The molecule has 1 heterocycles. The highest BCUT2D eigenvalue weighted by atomic mass is 16.1. The first kappa shape index (κ1) is 11.1. The van der Waals surface area contributed by atoms with Gasteiger partial charge in [-0.1, -0.05) is 36.4 Å². The van der Waals surface area contributed by atoms with Crippen LogP contribution in [0.4, 0.5) is 0 Å². The van der Waals surface area contributed by atoms with E-state index in [0.717, 1.165) is 19.5 Å². The molecule has 16 heavy (non-hydrogen) atoms. The first-order chi connectivity index (χ1) is 7.81. The number of Topliss-reactive ketones (excluding diaryl/α,β-unsaturated/α-hetero) is 1. The topological polar surface area (TPSA) is 20.3 Å². The van der Waals surface area contributed by atoms with Crippen molar-refractivity contribution >= 4 is 5.78 Å². The average Bonchev–Trinajstić information content (AvgIpc) is 2.64. The van der Waals surface area contributed by atoms with Crippen molar-refractivity contribution in [3.8, 4) is 0 Å². The van der Waals surface area contributed by atoms with Crippen LogP contribution in [0.1, 0.15) is 18.4 Å². The largest absolute Gasteiger partial charge is 0.298 e. The summed E-state index contributed by atoms with van der Waals surface area (Å²) in [5.41, 5.74) is 1.27. The molecule has 2 rings (SSSR count). The molecule has 0 bridgehead atoms. The monoisotopic (exact) mass is 215 g/mol. The lowest BCUT2D eigenvalue weighted by Gasteiger charge is -2.22. The Bertz CT molecular complexity index is 372. The van der Waals surface area contributed by atoms with Crippen LogP contribution >= 0.6 is 0 Å². The van der Waals surface area contributed by atoms with Gasteiger partial charge in [0.15, 0.2) is 5.78 Å². The number of likely N-dealkylation sites (tertiary alicyclic amines) is 1. The van der Waals surface area contributed by atoms with E-state index in [9.17, 15) is 4.79 Å². The molecule has 0 saturated carbocycles. The molecule has 2 nitrogen and oxygen atoms in total. The van der Waals surface area contributed by atoms with Crippen LogP contribution in [-0.2, 0) is 11.3 Å². The standard InChI is InChI=1S/C14H17NO/c1-2-6-13-14(16)9-10-15(13)11-12-7-4-3-5-8-12/h2-5,7-8,13H,1,6,9-11H2. The molecule has 1 fully saturated rings. The molecule has 0 spiro atoms. The summed E-state index contributed by atoms with van der Waals surface area (Å²) in [5, 5.41) is 0. The summed E-state index contributed by atoms with van der Waals surface area (Å²) in [6.45, 7) is 5.47. The average molecular weight is 215 g/mol. The summed E-state index contributed by atoms with van der Waals surface area (Å²) in [7, 11) is 0. The normalized spacial score (nSPS) is 21.2. The van der Waals surface area contributed by atoms with E-state index in [-0.39, 0.29) is 6.04 Å². The lowest BCUT2D eigenvalue weighted by Crippen LogP contribution is -2.32. The van der Waals surface area contributed by atoms with Gasteiger partial charge in [-0.05, 0) is 12.0 Å². The van der Waals surface area contributed by atoms with E-state index >= 15 is 0 Å². The first-order valence-electron chi connectivity index (χ1n) is 5.73. The predicted molar refractivity (Wildman–Crippen MR) is 65.1 cm³/mol. The van der Waals surface area contributed by atoms with E-state index in [1.807, 2.05) is 24.3 Å². The fraction of sp³-hybridized carbons (Fsp3) is 0.357. The SMILES string of the molecule is C=CCC1C(=O)CCN1Cc1ccccc1. The molecule has 0 aromatic heterocycles. The molecule has 1 saturated heterocycles. The number of carbonyl (C=O) groups is 1. The van der Waals surface area contributed by atoms with Crippen molar-refractivity contribution in [2.75, 3.05) is 6.54 Å². The van der Waals surface area contributed by atoms with Crippen LogP contribution in [0.25, 0.3) is 0 Å². The maximum atomic E-state index is 11.7. The quantitative estimate of drug-likeness (QED) is 0.719. The van der Waals surface area contributed by atoms with Crippen molar-refractivity contribution in [1.82, 2.24) is 4.90 Å². The highest BCUT2D eigenvalue weighted by molar-refractivity contribution is 5.86. The summed E-state index contributed by atoms with van der Waals surface area (Å²) in [5.74, 6) is 0.357. The zero-order valence-corrected chi connectivity index (χ0v) is 9.43. The number of ketones is 1.